The summed E-state index contributed by atoms with van der Waals surface area (Å²) in [5.41, 5.74) is 1.22. The number of carboxylic acid groups (broad SMARTS) is 1. The molecule has 1 rings (SSSR count). The van der Waals surface area contributed by atoms with Crippen LogP contribution >= 0.6 is 11.3 Å². The minimum Gasteiger partial charge on any atom is -0.481 e. The molecule has 0 aromatic carbocycles. The zero-order valence-electron chi connectivity index (χ0n) is 9.54. The Morgan fingerprint density at radius 3 is 2.67 bits per heavy atom. The Hall–Kier alpha value is -0.830. The Morgan fingerprint density at radius 2 is 2.20 bits per heavy atom. The first-order valence-electron chi connectivity index (χ1n) is 5.15. The van der Waals surface area contributed by atoms with E-state index in [1.54, 1.807) is 11.3 Å². The normalized spacial score (nSPS) is 11.7. The summed E-state index contributed by atoms with van der Waals surface area (Å²) >= 11 is 1.76. The van der Waals surface area contributed by atoms with Gasteiger partial charge < -0.3 is 5.11 Å². The second kappa shape index (κ2) is 4.79. The van der Waals surface area contributed by atoms with Crippen molar-refractivity contribution in [1.29, 1.82) is 0 Å². The Balaban J connectivity index is 2.49. The highest BCUT2D eigenvalue weighted by Crippen LogP contribution is 2.29. The molecular weight excluding hydrogens is 208 g/mol. The van der Waals surface area contributed by atoms with Crippen molar-refractivity contribution in [2.45, 2.75) is 40.0 Å². The van der Waals surface area contributed by atoms with Crippen LogP contribution in [0, 0.1) is 12.3 Å². The summed E-state index contributed by atoms with van der Waals surface area (Å²) in [6.45, 7) is 6.14. The Bertz CT molecular complexity index is 339. The molecule has 0 radical (unpaired) electrons. The predicted molar refractivity (Wildman–Crippen MR) is 63.4 cm³/mol. The van der Waals surface area contributed by atoms with Crippen molar-refractivity contribution in [1.82, 2.24) is 0 Å². The van der Waals surface area contributed by atoms with Gasteiger partial charge in [-0.05, 0) is 42.2 Å². The lowest BCUT2D eigenvalue weighted by Crippen LogP contribution is -2.17. The van der Waals surface area contributed by atoms with Crippen molar-refractivity contribution in [2.75, 3.05) is 0 Å². The minimum atomic E-state index is -0.706. The second-order valence-electron chi connectivity index (χ2n) is 4.76. The second-order valence-corrected chi connectivity index (χ2v) is 5.76. The van der Waals surface area contributed by atoms with Gasteiger partial charge >= 0.3 is 5.97 Å². The van der Waals surface area contributed by atoms with Crippen molar-refractivity contribution >= 4 is 17.3 Å². The molecule has 2 nitrogen and oxygen atoms in total. The SMILES string of the molecule is Cc1ccsc1CCC(C)(C)CC(=O)O. The van der Waals surface area contributed by atoms with Gasteiger partial charge in [-0.1, -0.05) is 13.8 Å². The fraction of sp³-hybridized carbons (Fsp3) is 0.583. The lowest BCUT2D eigenvalue weighted by Gasteiger charge is -2.21. The number of aryl methyl sites for hydroxylation is 2. The van der Waals surface area contributed by atoms with Crippen LogP contribution in [0.5, 0.6) is 0 Å². The fourth-order valence-corrected chi connectivity index (χ4v) is 2.52. The van der Waals surface area contributed by atoms with Crippen molar-refractivity contribution < 1.29 is 9.90 Å². The molecule has 0 spiro atoms. The third-order valence-corrected chi connectivity index (χ3v) is 3.71. The lowest BCUT2D eigenvalue weighted by molar-refractivity contribution is -0.139. The first-order chi connectivity index (χ1) is 6.91. The van der Waals surface area contributed by atoms with Gasteiger partial charge in [0.25, 0.3) is 0 Å². The van der Waals surface area contributed by atoms with Crippen molar-refractivity contribution in [3.63, 3.8) is 0 Å². The van der Waals surface area contributed by atoms with Crippen molar-refractivity contribution in [3.05, 3.63) is 21.9 Å². The van der Waals surface area contributed by atoms with E-state index in [-0.39, 0.29) is 11.8 Å². The third kappa shape index (κ3) is 4.04. The average molecular weight is 226 g/mol. The molecule has 0 unspecified atom stereocenters. The highest BCUT2D eigenvalue weighted by Gasteiger charge is 2.21. The number of hydrogen-bond donors (Lipinski definition) is 1. The number of hydrogen-bond acceptors (Lipinski definition) is 2. The van der Waals surface area contributed by atoms with Gasteiger partial charge in [0.1, 0.15) is 0 Å². The van der Waals surface area contributed by atoms with Gasteiger partial charge in [0.05, 0.1) is 6.42 Å². The summed E-state index contributed by atoms with van der Waals surface area (Å²) in [6.07, 6.45) is 2.17. The van der Waals surface area contributed by atoms with Crippen LogP contribution in [-0.2, 0) is 11.2 Å². The zero-order valence-corrected chi connectivity index (χ0v) is 10.4. The molecule has 15 heavy (non-hydrogen) atoms. The van der Waals surface area contributed by atoms with E-state index in [1.807, 2.05) is 13.8 Å². The fourth-order valence-electron chi connectivity index (χ4n) is 1.61. The van der Waals surface area contributed by atoms with E-state index in [0.717, 1.165) is 12.8 Å². The molecule has 1 aromatic rings. The molecule has 0 aliphatic rings. The summed E-state index contributed by atoms with van der Waals surface area (Å²) in [5.74, 6) is -0.706. The largest absolute Gasteiger partial charge is 0.481 e. The number of aliphatic carboxylic acids is 1. The van der Waals surface area contributed by atoms with Crippen LogP contribution in [0.25, 0.3) is 0 Å². The molecule has 0 amide bonds. The van der Waals surface area contributed by atoms with Crippen LogP contribution in [0.1, 0.15) is 37.1 Å². The van der Waals surface area contributed by atoms with E-state index in [1.165, 1.54) is 10.4 Å². The molecule has 0 bridgehead atoms. The van der Waals surface area contributed by atoms with Crippen molar-refractivity contribution in [2.24, 2.45) is 5.41 Å². The summed E-state index contributed by atoms with van der Waals surface area (Å²) in [7, 11) is 0. The van der Waals surface area contributed by atoms with E-state index >= 15 is 0 Å². The standard InChI is InChI=1S/C12H18O2S/c1-9-5-7-15-10(9)4-6-12(2,3)8-11(13)14/h5,7H,4,6,8H2,1-3H3,(H,13,14). The van der Waals surface area contributed by atoms with Crippen LogP contribution < -0.4 is 0 Å². The minimum absolute atomic E-state index is 0.109. The number of rotatable bonds is 5. The van der Waals surface area contributed by atoms with E-state index in [4.69, 9.17) is 5.11 Å². The van der Waals surface area contributed by atoms with Crippen LogP contribution in [0.4, 0.5) is 0 Å². The molecule has 0 aliphatic carbocycles. The predicted octanol–water partition coefficient (Wildman–Crippen LogP) is 3.49. The molecular formula is C12H18O2S. The van der Waals surface area contributed by atoms with Crippen LogP contribution in [-0.4, -0.2) is 11.1 Å². The van der Waals surface area contributed by atoms with Gasteiger partial charge in [-0.2, -0.15) is 0 Å². The number of thiophene rings is 1. The van der Waals surface area contributed by atoms with E-state index < -0.39 is 5.97 Å². The summed E-state index contributed by atoms with van der Waals surface area (Å²) < 4.78 is 0. The topological polar surface area (TPSA) is 37.3 Å². The van der Waals surface area contributed by atoms with E-state index in [0.29, 0.717) is 0 Å². The first kappa shape index (κ1) is 12.2. The highest BCUT2D eigenvalue weighted by molar-refractivity contribution is 7.10. The van der Waals surface area contributed by atoms with Gasteiger partial charge in [0.2, 0.25) is 0 Å². The number of carboxylic acids is 1. The third-order valence-electron chi connectivity index (χ3n) is 2.63. The molecule has 84 valence electrons. The molecule has 3 heteroatoms. The van der Waals surface area contributed by atoms with Crippen LogP contribution in [0.2, 0.25) is 0 Å². The van der Waals surface area contributed by atoms with E-state index in [2.05, 4.69) is 18.4 Å². The summed E-state index contributed by atoms with van der Waals surface area (Å²) in [4.78, 5) is 12.0. The Labute approximate surface area is 94.9 Å². The molecule has 0 saturated carbocycles. The first-order valence-corrected chi connectivity index (χ1v) is 6.03. The zero-order chi connectivity index (χ0) is 11.5. The highest BCUT2D eigenvalue weighted by atomic mass is 32.1. The van der Waals surface area contributed by atoms with Gasteiger partial charge in [-0.3, -0.25) is 4.79 Å². The molecule has 0 saturated heterocycles. The summed E-state index contributed by atoms with van der Waals surface area (Å²) in [5, 5.41) is 10.9. The lowest BCUT2D eigenvalue weighted by atomic mass is 9.84. The van der Waals surface area contributed by atoms with Crippen LogP contribution in [0.15, 0.2) is 11.4 Å². The maximum absolute atomic E-state index is 10.6. The molecule has 0 aliphatic heterocycles. The maximum atomic E-state index is 10.6. The van der Waals surface area contributed by atoms with Gasteiger partial charge in [0.15, 0.2) is 0 Å². The van der Waals surface area contributed by atoms with Gasteiger partial charge in [-0.15, -0.1) is 11.3 Å². The number of carbonyl (C=O) groups is 1. The van der Waals surface area contributed by atoms with Gasteiger partial charge in [0, 0.05) is 4.88 Å². The molecule has 1 aromatic heterocycles. The Kier molecular flexibility index (Phi) is 3.91. The average Bonchev–Trinajstić information content (AvgIpc) is 2.45. The Morgan fingerprint density at radius 1 is 1.53 bits per heavy atom. The summed E-state index contributed by atoms with van der Waals surface area (Å²) in [6, 6.07) is 2.12. The quantitative estimate of drug-likeness (QED) is 0.834. The molecule has 0 atom stereocenters. The van der Waals surface area contributed by atoms with Gasteiger partial charge in [-0.25, -0.2) is 0 Å². The monoisotopic (exact) mass is 226 g/mol. The van der Waals surface area contributed by atoms with E-state index in [9.17, 15) is 4.79 Å². The molecule has 1 N–H and O–H groups in total. The maximum Gasteiger partial charge on any atom is 0.303 e. The molecule has 0 fully saturated rings. The molecule has 1 heterocycles. The van der Waals surface area contributed by atoms with Crippen LogP contribution in [0.3, 0.4) is 0 Å². The van der Waals surface area contributed by atoms with Crippen molar-refractivity contribution in [3.8, 4) is 0 Å². The smallest absolute Gasteiger partial charge is 0.303 e.